The standard InChI is InChI=1S/C17H18N2OS/c18-15-9-6-14(7-10-15)8-11-17(20)19-12-13-21-16-4-2-1-3-5-16/h1-11H,12-13,18H2,(H,19,20)/b11-8+. The molecule has 2 rings (SSSR count). The highest BCUT2D eigenvalue weighted by Gasteiger charge is 1.96. The summed E-state index contributed by atoms with van der Waals surface area (Å²) in [6, 6.07) is 17.5. The molecule has 0 aliphatic carbocycles. The predicted molar refractivity (Wildman–Crippen MR) is 90.1 cm³/mol. The molecule has 0 unspecified atom stereocenters. The van der Waals surface area contributed by atoms with Crippen LogP contribution in [0.25, 0.3) is 6.08 Å². The maximum Gasteiger partial charge on any atom is 0.244 e. The maximum absolute atomic E-state index is 11.7. The van der Waals surface area contributed by atoms with E-state index in [1.165, 1.54) is 4.90 Å². The van der Waals surface area contributed by atoms with E-state index in [9.17, 15) is 4.79 Å². The molecule has 21 heavy (non-hydrogen) atoms. The van der Waals surface area contributed by atoms with Crippen molar-refractivity contribution in [3.05, 3.63) is 66.2 Å². The monoisotopic (exact) mass is 298 g/mol. The van der Waals surface area contributed by atoms with Crippen LogP contribution in [0.15, 0.2) is 65.6 Å². The SMILES string of the molecule is Nc1ccc(/C=C/C(=O)NCCSc2ccccc2)cc1. The van der Waals surface area contributed by atoms with E-state index >= 15 is 0 Å². The van der Waals surface area contributed by atoms with Crippen molar-refractivity contribution in [1.29, 1.82) is 0 Å². The van der Waals surface area contributed by atoms with Crippen molar-refractivity contribution in [2.24, 2.45) is 0 Å². The largest absolute Gasteiger partial charge is 0.399 e. The number of hydrogen-bond donors (Lipinski definition) is 2. The lowest BCUT2D eigenvalue weighted by Crippen LogP contribution is -2.23. The third-order valence-electron chi connectivity index (χ3n) is 2.78. The van der Waals surface area contributed by atoms with E-state index < -0.39 is 0 Å². The molecule has 0 fully saturated rings. The van der Waals surface area contributed by atoms with Crippen molar-refractivity contribution in [2.45, 2.75) is 4.90 Å². The van der Waals surface area contributed by atoms with Gasteiger partial charge in [0, 0.05) is 29.0 Å². The van der Waals surface area contributed by atoms with Gasteiger partial charge in [-0.3, -0.25) is 4.79 Å². The third-order valence-corrected chi connectivity index (χ3v) is 3.79. The molecule has 3 N–H and O–H groups in total. The second kappa shape index (κ2) is 8.17. The molecule has 0 aromatic heterocycles. The number of carbonyl (C=O) groups is 1. The van der Waals surface area contributed by atoms with Crippen LogP contribution in [0.4, 0.5) is 5.69 Å². The molecule has 0 aliphatic heterocycles. The average molecular weight is 298 g/mol. The normalized spacial score (nSPS) is 10.7. The smallest absolute Gasteiger partial charge is 0.244 e. The Balaban J connectivity index is 1.69. The maximum atomic E-state index is 11.7. The van der Waals surface area contributed by atoms with E-state index in [1.807, 2.05) is 42.5 Å². The first-order valence-electron chi connectivity index (χ1n) is 6.73. The van der Waals surface area contributed by atoms with Crippen molar-refractivity contribution in [2.75, 3.05) is 18.0 Å². The van der Waals surface area contributed by atoms with Crippen LogP contribution in [0.5, 0.6) is 0 Å². The van der Waals surface area contributed by atoms with Gasteiger partial charge >= 0.3 is 0 Å². The number of hydrogen-bond acceptors (Lipinski definition) is 3. The van der Waals surface area contributed by atoms with Gasteiger partial charge in [0.25, 0.3) is 0 Å². The molecule has 108 valence electrons. The lowest BCUT2D eigenvalue weighted by molar-refractivity contribution is -0.116. The van der Waals surface area contributed by atoms with Gasteiger partial charge in [-0.15, -0.1) is 11.8 Å². The highest BCUT2D eigenvalue weighted by atomic mass is 32.2. The van der Waals surface area contributed by atoms with Gasteiger partial charge in [-0.1, -0.05) is 30.3 Å². The number of carbonyl (C=O) groups excluding carboxylic acids is 1. The highest BCUT2D eigenvalue weighted by molar-refractivity contribution is 7.99. The third kappa shape index (κ3) is 5.75. The van der Waals surface area contributed by atoms with Crippen molar-refractivity contribution in [1.82, 2.24) is 5.32 Å². The zero-order chi connectivity index (χ0) is 14.9. The van der Waals surface area contributed by atoms with E-state index in [2.05, 4.69) is 17.4 Å². The Morgan fingerprint density at radius 1 is 1.10 bits per heavy atom. The molecule has 0 bridgehead atoms. The van der Waals surface area contributed by atoms with E-state index in [0.29, 0.717) is 6.54 Å². The van der Waals surface area contributed by atoms with Crippen LogP contribution in [-0.4, -0.2) is 18.2 Å². The van der Waals surface area contributed by atoms with Crippen LogP contribution in [0, 0.1) is 0 Å². The zero-order valence-electron chi connectivity index (χ0n) is 11.7. The molecule has 0 heterocycles. The lowest BCUT2D eigenvalue weighted by atomic mass is 10.2. The Kier molecular flexibility index (Phi) is 5.91. The van der Waals surface area contributed by atoms with Gasteiger partial charge in [-0.25, -0.2) is 0 Å². The minimum absolute atomic E-state index is 0.0829. The van der Waals surface area contributed by atoms with Crippen molar-refractivity contribution in [3.63, 3.8) is 0 Å². The molecular weight excluding hydrogens is 280 g/mol. The molecule has 0 spiro atoms. The number of nitrogens with two attached hydrogens (primary N) is 1. The van der Waals surface area contributed by atoms with E-state index in [0.717, 1.165) is 17.0 Å². The molecule has 0 saturated heterocycles. The predicted octanol–water partition coefficient (Wildman–Crippen LogP) is 3.19. The summed E-state index contributed by atoms with van der Waals surface area (Å²) in [5.74, 6) is 0.770. The van der Waals surface area contributed by atoms with Crippen LogP contribution >= 0.6 is 11.8 Å². The number of benzene rings is 2. The molecular formula is C17H18N2OS. The molecule has 0 aliphatic rings. The molecule has 4 heteroatoms. The molecule has 2 aromatic rings. The second-order valence-corrected chi connectivity index (χ2v) is 5.62. The molecule has 3 nitrogen and oxygen atoms in total. The summed E-state index contributed by atoms with van der Waals surface area (Å²) in [6.07, 6.45) is 3.32. The van der Waals surface area contributed by atoms with Crippen molar-refractivity contribution >= 4 is 29.4 Å². The van der Waals surface area contributed by atoms with Crippen LogP contribution < -0.4 is 11.1 Å². The first-order chi connectivity index (χ1) is 10.2. The fourth-order valence-electron chi connectivity index (χ4n) is 1.70. The Bertz CT molecular complexity index is 594. The topological polar surface area (TPSA) is 55.1 Å². The number of anilines is 1. The Hall–Kier alpha value is -2.20. The molecule has 1 amide bonds. The molecule has 0 saturated carbocycles. The van der Waals surface area contributed by atoms with Gasteiger partial charge in [0.2, 0.25) is 5.91 Å². The summed E-state index contributed by atoms with van der Waals surface area (Å²) in [4.78, 5) is 12.9. The summed E-state index contributed by atoms with van der Waals surface area (Å²) < 4.78 is 0. The quantitative estimate of drug-likeness (QED) is 0.373. The van der Waals surface area contributed by atoms with E-state index in [4.69, 9.17) is 5.73 Å². The minimum atomic E-state index is -0.0829. The van der Waals surface area contributed by atoms with E-state index in [-0.39, 0.29) is 5.91 Å². The van der Waals surface area contributed by atoms with Crippen molar-refractivity contribution < 1.29 is 4.79 Å². The lowest BCUT2D eigenvalue weighted by Gasteiger charge is -2.02. The first kappa shape index (κ1) is 15.2. The van der Waals surface area contributed by atoms with Gasteiger partial charge in [-0.05, 0) is 35.9 Å². The van der Waals surface area contributed by atoms with Gasteiger partial charge in [0.15, 0.2) is 0 Å². The fourth-order valence-corrected chi connectivity index (χ4v) is 2.49. The molecule has 0 atom stereocenters. The van der Waals surface area contributed by atoms with Crippen LogP contribution in [0.3, 0.4) is 0 Å². The Morgan fingerprint density at radius 3 is 2.52 bits per heavy atom. The summed E-state index contributed by atoms with van der Waals surface area (Å²) in [5.41, 5.74) is 7.28. The van der Waals surface area contributed by atoms with E-state index in [1.54, 1.807) is 23.9 Å². The Morgan fingerprint density at radius 2 is 1.81 bits per heavy atom. The Labute approximate surface area is 129 Å². The summed E-state index contributed by atoms with van der Waals surface area (Å²) in [6.45, 7) is 0.643. The number of nitrogen functional groups attached to an aromatic ring is 1. The van der Waals surface area contributed by atoms with Gasteiger partial charge in [0.05, 0.1) is 0 Å². The fraction of sp³-hybridized carbons (Fsp3) is 0.118. The summed E-state index contributed by atoms with van der Waals surface area (Å²) in [5, 5.41) is 2.86. The number of amides is 1. The number of thioether (sulfide) groups is 1. The summed E-state index contributed by atoms with van der Waals surface area (Å²) in [7, 11) is 0. The average Bonchev–Trinajstić information content (AvgIpc) is 2.52. The minimum Gasteiger partial charge on any atom is -0.399 e. The van der Waals surface area contributed by atoms with Gasteiger partial charge in [0.1, 0.15) is 0 Å². The van der Waals surface area contributed by atoms with Gasteiger partial charge < -0.3 is 11.1 Å². The van der Waals surface area contributed by atoms with Crippen LogP contribution in [0.1, 0.15) is 5.56 Å². The van der Waals surface area contributed by atoms with Crippen LogP contribution in [0.2, 0.25) is 0 Å². The summed E-state index contributed by atoms with van der Waals surface area (Å²) >= 11 is 1.73. The molecule has 2 aromatic carbocycles. The number of rotatable bonds is 6. The zero-order valence-corrected chi connectivity index (χ0v) is 12.5. The second-order valence-electron chi connectivity index (χ2n) is 4.45. The van der Waals surface area contributed by atoms with Gasteiger partial charge in [-0.2, -0.15) is 0 Å². The highest BCUT2D eigenvalue weighted by Crippen LogP contribution is 2.15. The van der Waals surface area contributed by atoms with Crippen LogP contribution in [-0.2, 0) is 4.79 Å². The first-order valence-corrected chi connectivity index (χ1v) is 7.72. The molecule has 0 radical (unpaired) electrons. The number of nitrogens with one attached hydrogen (secondary N) is 1. The van der Waals surface area contributed by atoms with Crippen molar-refractivity contribution in [3.8, 4) is 0 Å².